The van der Waals surface area contributed by atoms with Gasteiger partial charge in [0.1, 0.15) is 23.7 Å². The van der Waals surface area contributed by atoms with Crippen LogP contribution in [-0.2, 0) is 0 Å². The summed E-state index contributed by atoms with van der Waals surface area (Å²) in [5.41, 5.74) is 1.34. The van der Waals surface area contributed by atoms with Crippen molar-refractivity contribution in [2.24, 2.45) is 0 Å². The Hall–Kier alpha value is -3.64. The first-order chi connectivity index (χ1) is 20.7. The maximum absolute atomic E-state index is 6.72. The molecule has 5 aromatic rings. The number of fused-ring (bicyclic) bond motifs is 2. The fourth-order valence-corrected chi connectivity index (χ4v) is 6.28. The summed E-state index contributed by atoms with van der Waals surface area (Å²) in [5, 5.41) is 10.2. The second kappa shape index (κ2) is 15.0. The van der Waals surface area contributed by atoms with E-state index < -0.39 is 0 Å². The Morgan fingerprint density at radius 2 is 1.43 bits per heavy atom. The van der Waals surface area contributed by atoms with E-state index in [0.29, 0.717) is 0 Å². The number of thiophene rings is 1. The van der Waals surface area contributed by atoms with Gasteiger partial charge in [-0.3, -0.25) is 0 Å². The molecule has 0 amide bonds. The molecule has 0 aliphatic rings. The van der Waals surface area contributed by atoms with Crippen LogP contribution in [0.3, 0.4) is 0 Å². The second-order valence-electron chi connectivity index (χ2n) is 10.8. The van der Waals surface area contributed by atoms with Gasteiger partial charge < -0.3 is 19.7 Å². The fraction of sp³-hybridized carbons (Fsp3) is 0.297. The third kappa shape index (κ3) is 7.60. The largest absolute Gasteiger partial charge is 0.485 e. The Bertz CT molecular complexity index is 1570. The second-order valence-corrected chi connectivity index (χ2v) is 11.8. The van der Waals surface area contributed by atoms with Crippen molar-refractivity contribution in [2.45, 2.75) is 38.4 Å². The molecule has 1 heterocycles. The highest BCUT2D eigenvalue weighted by Gasteiger charge is 2.20. The Kier molecular flexibility index (Phi) is 10.7. The molecule has 0 fully saturated rings. The number of benzene rings is 4. The molecule has 0 saturated carbocycles. The van der Waals surface area contributed by atoms with E-state index >= 15 is 0 Å². The lowest BCUT2D eigenvalue weighted by atomic mass is 10.0. The molecule has 2 unspecified atom stereocenters. The maximum Gasteiger partial charge on any atom is 0.134 e. The topological polar surface area (TPSA) is 33.7 Å². The highest BCUT2D eigenvalue weighted by molar-refractivity contribution is 7.10. The third-order valence-electron chi connectivity index (χ3n) is 7.89. The quantitative estimate of drug-likeness (QED) is 0.126. The average Bonchev–Trinajstić information content (AvgIpc) is 3.57. The highest BCUT2D eigenvalue weighted by Crippen LogP contribution is 2.33. The van der Waals surface area contributed by atoms with Gasteiger partial charge in [-0.1, -0.05) is 84.9 Å². The summed E-state index contributed by atoms with van der Waals surface area (Å²) in [5.74, 6) is 1.90. The van der Waals surface area contributed by atoms with Crippen LogP contribution in [0, 0.1) is 0 Å². The minimum atomic E-state index is 0.0116. The van der Waals surface area contributed by atoms with Gasteiger partial charge in [0.2, 0.25) is 0 Å². The molecule has 4 nitrogen and oxygen atoms in total. The van der Waals surface area contributed by atoms with Crippen molar-refractivity contribution in [2.75, 3.05) is 33.7 Å². The molecule has 0 aliphatic carbocycles. The van der Waals surface area contributed by atoms with Gasteiger partial charge >= 0.3 is 0 Å². The predicted molar refractivity (Wildman–Crippen MR) is 179 cm³/mol. The summed E-state index contributed by atoms with van der Waals surface area (Å²) >= 11 is 1.77. The number of rotatable bonds is 15. The Morgan fingerprint density at radius 3 is 2.05 bits per heavy atom. The van der Waals surface area contributed by atoms with Crippen LogP contribution in [0.1, 0.15) is 37.2 Å². The maximum atomic E-state index is 6.72. The highest BCUT2D eigenvalue weighted by atomic mass is 32.1. The van der Waals surface area contributed by atoms with Crippen LogP contribution in [0.25, 0.3) is 21.5 Å². The lowest BCUT2D eigenvalue weighted by Crippen LogP contribution is -2.28. The minimum absolute atomic E-state index is 0.0116. The Labute approximate surface area is 254 Å². The first-order valence-electron chi connectivity index (χ1n) is 15.0. The monoisotopic (exact) mass is 578 g/mol. The van der Waals surface area contributed by atoms with Crippen molar-refractivity contribution in [3.8, 4) is 11.5 Å². The van der Waals surface area contributed by atoms with Crippen molar-refractivity contribution in [1.82, 2.24) is 10.2 Å². The molecule has 218 valence electrons. The minimum Gasteiger partial charge on any atom is -0.485 e. The Morgan fingerprint density at radius 1 is 0.786 bits per heavy atom. The van der Waals surface area contributed by atoms with Gasteiger partial charge in [-0.15, -0.1) is 11.3 Å². The molecule has 2 atom stereocenters. The van der Waals surface area contributed by atoms with Crippen molar-refractivity contribution >= 4 is 32.9 Å². The molecule has 0 spiro atoms. The number of nitrogens with one attached hydrogen (secondary N) is 1. The zero-order valence-corrected chi connectivity index (χ0v) is 25.8. The van der Waals surface area contributed by atoms with E-state index in [2.05, 4.69) is 133 Å². The number of hydrogen-bond acceptors (Lipinski definition) is 5. The smallest absolute Gasteiger partial charge is 0.134 e. The average molecular weight is 579 g/mol. The van der Waals surface area contributed by atoms with E-state index in [1.54, 1.807) is 11.3 Å². The van der Waals surface area contributed by atoms with Crippen LogP contribution < -0.4 is 14.8 Å². The number of ether oxygens (including phenoxy) is 2. The first-order valence-corrected chi connectivity index (χ1v) is 15.8. The van der Waals surface area contributed by atoms with Crippen molar-refractivity contribution in [3.05, 3.63) is 119 Å². The van der Waals surface area contributed by atoms with Gasteiger partial charge in [-0.25, -0.2) is 0 Å². The van der Waals surface area contributed by atoms with Crippen molar-refractivity contribution < 1.29 is 9.47 Å². The normalized spacial score (nSPS) is 13.5. The first kappa shape index (κ1) is 29.8. The fourth-order valence-electron chi connectivity index (χ4n) is 5.49. The van der Waals surface area contributed by atoms with Crippen LogP contribution >= 0.6 is 11.3 Å². The van der Waals surface area contributed by atoms with Crippen molar-refractivity contribution in [1.29, 1.82) is 0 Å². The molecule has 4 aromatic carbocycles. The summed E-state index contributed by atoms with van der Waals surface area (Å²) in [6, 6.07) is 33.8. The summed E-state index contributed by atoms with van der Waals surface area (Å²) in [7, 11) is 4.22. The lowest BCUT2D eigenvalue weighted by Gasteiger charge is -2.26. The molecule has 0 saturated heterocycles. The Balaban J connectivity index is 1.23. The zero-order chi connectivity index (χ0) is 29.1. The molecule has 1 N–H and O–H groups in total. The lowest BCUT2D eigenvalue weighted by molar-refractivity contribution is 0.176. The zero-order valence-electron chi connectivity index (χ0n) is 25.0. The molecule has 0 aliphatic heterocycles. The number of nitrogens with zero attached hydrogens (tertiary/aromatic N) is 1. The molecule has 1 aromatic heterocycles. The van der Waals surface area contributed by atoms with Gasteiger partial charge in [0, 0.05) is 41.6 Å². The van der Waals surface area contributed by atoms with Gasteiger partial charge in [-0.05, 0) is 73.9 Å². The standard InChI is InChI=1S/C37H42N2O2S/c1-4-28(33(21-24-38-2)40-34-18-9-14-29-12-5-7-16-31(29)34)22-25-39(3)26-23-36(37-20-11-27-42-37)41-35-19-10-15-30-13-6-8-17-32(30)35/h4-20,27,33,36,38H,21-26H2,1-3H3. The van der Waals surface area contributed by atoms with E-state index in [1.165, 1.54) is 21.2 Å². The van der Waals surface area contributed by atoms with Crippen molar-refractivity contribution in [3.63, 3.8) is 0 Å². The predicted octanol–water partition coefficient (Wildman–Crippen LogP) is 8.89. The van der Waals surface area contributed by atoms with Crippen LogP contribution in [-0.4, -0.2) is 44.7 Å². The van der Waals surface area contributed by atoms with Crippen LogP contribution in [0.2, 0.25) is 0 Å². The molecule has 5 rings (SSSR count). The molecule has 0 bridgehead atoms. The third-order valence-corrected chi connectivity index (χ3v) is 8.86. The van der Waals surface area contributed by atoms with E-state index in [4.69, 9.17) is 9.47 Å². The van der Waals surface area contributed by atoms with E-state index in [-0.39, 0.29) is 12.2 Å². The molecule has 5 heteroatoms. The van der Waals surface area contributed by atoms with Crippen LogP contribution in [0.15, 0.2) is 114 Å². The van der Waals surface area contributed by atoms with Gasteiger partial charge in [-0.2, -0.15) is 0 Å². The van der Waals surface area contributed by atoms with E-state index in [9.17, 15) is 0 Å². The van der Waals surface area contributed by atoms with Crippen LogP contribution in [0.4, 0.5) is 0 Å². The van der Waals surface area contributed by atoms with Gasteiger partial charge in [0.05, 0.1) is 0 Å². The summed E-state index contributed by atoms with van der Waals surface area (Å²) in [6.07, 6.45) is 5.08. The molecular formula is C37H42N2O2S. The van der Waals surface area contributed by atoms with E-state index in [0.717, 1.165) is 61.2 Å². The van der Waals surface area contributed by atoms with Gasteiger partial charge in [0.15, 0.2) is 0 Å². The molecule has 0 radical (unpaired) electrons. The van der Waals surface area contributed by atoms with E-state index in [1.807, 2.05) is 7.05 Å². The summed E-state index contributed by atoms with van der Waals surface area (Å²) in [4.78, 5) is 3.69. The number of hydrogen-bond donors (Lipinski definition) is 1. The molecular weight excluding hydrogens is 536 g/mol. The molecule has 42 heavy (non-hydrogen) atoms. The van der Waals surface area contributed by atoms with Gasteiger partial charge in [0.25, 0.3) is 0 Å². The summed E-state index contributed by atoms with van der Waals surface area (Å²) < 4.78 is 13.4. The number of allylic oxidation sites excluding steroid dienone is 1. The SMILES string of the molecule is CC=C(CCN(C)CCC(Oc1cccc2ccccc12)c1cccs1)C(CCNC)Oc1cccc2ccccc12. The van der Waals surface area contributed by atoms with Crippen LogP contribution in [0.5, 0.6) is 11.5 Å². The summed E-state index contributed by atoms with van der Waals surface area (Å²) in [6.45, 7) is 4.94.